The molecule has 31 heavy (non-hydrogen) atoms. The molecule has 1 heterocycles. The first-order valence-electron chi connectivity index (χ1n) is 11.9. The third kappa shape index (κ3) is 6.59. The van der Waals surface area contributed by atoms with E-state index in [1.165, 1.54) is 37.7 Å². The van der Waals surface area contributed by atoms with Gasteiger partial charge in [-0.05, 0) is 43.9 Å². The Kier molecular flexibility index (Phi) is 9.47. The van der Waals surface area contributed by atoms with Gasteiger partial charge in [0.1, 0.15) is 5.75 Å². The fourth-order valence-corrected chi connectivity index (χ4v) is 4.92. The Morgan fingerprint density at radius 3 is 2.58 bits per heavy atom. The van der Waals surface area contributed by atoms with E-state index in [0.717, 1.165) is 50.9 Å². The Morgan fingerprint density at radius 1 is 1.13 bits per heavy atom. The summed E-state index contributed by atoms with van der Waals surface area (Å²) in [6.45, 7) is 8.06. The second-order valence-corrected chi connectivity index (χ2v) is 8.91. The number of hydrogen-bond donors (Lipinski definition) is 1. The van der Waals surface area contributed by atoms with Crippen LogP contribution >= 0.6 is 0 Å². The number of guanidine groups is 1. The number of hydrogen-bond acceptors (Lipinski definition) is 4. The number of nitrogens with one attached hydrogen (secondary N) is 1. The van der Waals surface area contributed by atoms with Crippen molar-refractivity contribution in [1.29, 1.82) is 0 Å². The highest BCUT2D eigenvalue weighted by Crippen LogP contribution is 2.40. The van der Waals surface area contributed by atoms with Crippen LogP contribution < -0.4 is 10.1 Å². The van der Waals surface area contributed by atoms with Gasteiger partial charge in [-0.15, -0.1) is 0 Å². The number of methoxy groups -OCH3 is 2. The minimum Gasteiger partial charge on any atom is -0.497 e. The third-order valence-corrected chi connectivity index (χ3v) is 6.75. The van der Waals surface area contributed by atoms with Gasteiger partial charge in [-0.1, -0.05) is 31.4 Å². The molecule has 1 saturated heterocycles. The fourth-order valence-electron chi connectivity index (χ4n) is 4.92. The molecule has 6 nitrogen and oxygen atoms in total. The van der Waals surface area contributed by atoms with Gasteiger partial charge in [0.2, 0.25) is 0 Å². The van der Waals surface area contributed by atoms with E-state index in [0.29, 0.717) is 19.1 Å². The maximum absolute atomic E-state index is 5.77. The Labute approximate surface area is 188 Å². The maximum Gasteiger partial charge on any atom is 0.193 e. The van der Waals surface area contributed by atoms with Crippen LogP contribution in [0.25, 0.3) is 0 Å². The van der Waals surface area contributed by atoms with Crippen LogP contribution in [0.3, 0.4) is 0 Å². The molecule has 1 aromatic carbocycles. The van der Waals surface area contributed by atoms with Crippen molar-refractivity contribution < 1.29 is 14.2 Å². The molecule has 1 aliphatic heterocycles. The van der Waals surface area contributed by atoms with Crippen molar-refractivity contribution in [3.05, 3.63) is 29.8 Å². The van der Waals surface area contributed by atoms with Gasteiger partial charge in [-0.3, -0.25) is 4.99 Å². The highest BCUT2D eigenvalue weighted by atomic mass is 16.5. The summed E-state index contributed by atoms with van der Waals surface area (Å²) in [5.41, 5.74) is 1.53. The average Bonchev–Trinajstić information content (AvgIpc) is 3.29. The maximum atomic E-state index is 5.77. The molecule has 1 saturated carbocycles. The fraction of sp³-hybridized carbons (Fsp3) is 0.720. The lowest BCUT2D eigenvalue weighted by Gasteiger charge is -2.37. The summed E-state index contributed by atoms with van der Waals surface area (Å²) in [6.07, 6.45) is 7.46. The van der Waals surface area contributed by atoms with Crippen molar-refractivity contribution in [2.75, 3.05) is 60.2 Å². The number of ether oxygens (including phenoxy) is 3. The van der Waals surface area contributed by atoms with Crippen LogP contribution in [0.5, 0.6) is 5.75 Å². The largest absolute Gasteiger partial charge is 0.497 e. The molecule has 0 amide bonds. The molecule has 1 atom stereocenters. The van der Waals surface area contributed by atoms with E-state index in [2.05, 4.69) is 41.4 Å². The van der Waals surface area contributed by atoms with Gasteiger partial charge in [0.25, 0.3) is 0 Å². The predicted molar refractivity (Wildman–Crippen MR) is 126 cm³/mol. The number of benzene rings is 1. The molecule has 1 unspecified atom stereocenters. The van der Waals surface area contributed by atoms with E-state index < -0.39 is 0 Å². The van der Waals surface area contributed by atoms with Crippen LogP contribution in [-0.4, -0.2) is 71.1 Å². The lowest BCUT2D eigenvalue weighted by molar-refractivity contribution is 0.0536. The molecule has 1 aromatic rings. The Balaban J connectivity index is 1.68. The van der Waals surface area contributed by atoms with Gasteiger partial charge in [0.15, 0.2) is 5.96 Å². The smallest absolute Gasteiger partial charge is 0.193 e. The average molecular weight is 432 g/mol. The predicted octanol–water partition coefficient (Wildman–Crippen LogP) is 3.85. The Morgan fingerprint density at radius 2 is 1.90 bits per heavy atom. The highest BCUT2D eigenvalue weighted by Gasteiger charge is 2.34. The van der Waals surface area contributed by atoms with Gasteiger partial charge in [-0.2, -0.15) is 0 Å². The van der Waals surface area contributed by atoms with E-state index >= 15 is 0 Å². The van der Waals surface area contributed by atoms with Crippen LogP contribution in [0.2, 0.25) is 0 Å². The second-order valence-electron chi connectivity index (χ2n) is 8.91. The molecule has 6 heteroatoms. The topological polar surface area (TPSA) is 55.3 Å². The first-order valence-corrected chi connectivity index (χ1v) is 11.9. The van der Waals surface area contributed by atoms with Gasteiger partial charge >= 0.3 is 0 Å². The molecule has 1 N–H and O–H groups in total. The van der Waals surface area contributed by atoms with Gasteiger partial charge in [-0.25, -0.2) is 0 Å². The molecule has 0 radical (unpaired) electrons. The van der Waals surface area contributed by atoms with E-state index in [1.807, 2.05) is 0 Å². The monoisotopic (exact) mass is 431 g/mol. The van der Waals surface area contributed by atoms with Crippen molar-refractivity contribution in [2.24, 2.45) is 10.9 Å². The number of rotatable bonds is 10. The van der Waals surface area contributed by atoms with Crippen molar-refractivity contribution in [3.8, 4) is 5.75 Å². The van der Waals surface area contributed by atoms with Crippen LogP contribution in [-0.2, 0) is 14.9 Å². The van der Waals surface area contributed by atoms with Gasteiger partial charge in [0.05, 0.1) is 33.5 Å². The molecule has 3 rings (SSSR count). The normalized spacial score (nSPS) is 21.3. The number of nitrogens with zero attached hydrogens (tertiary/aromatic N) is 2. The summed E-state index contributed by atoms with van der Waals surface area (Å²) in [6, 6.07) is 8.68. The number of aliphatic imine (C=N–C) groups is 1. The zero-order valence-corrected chi connectivity index (χ0v) is 19.7. The molecule has 2 aliphatic rings. The molecule has 174 valence electrons. The Bertz CT molecular complexity index is 671. The minimum absolute atomic E-state index is 0.133. The van der Waals surface area contributed by atoms with E-state index in [4.69, 9.17) is 19.2 Å². The van der Waals surface area contributed by atoms with Gasteiger partial charge in [0, 0.05) is 38.1 Å². The van der Waals surface area contributed by atoms with Gasteiger partial charge < -0.3 is 24.4 Å². The van der Waals surface area contributed by atoms with Crippen LogP contribution in [0.15, 0.2) is 29.3 Å². The molecular weight excluding hydrogens is 390 g/mol. The lowest BCUT2D eigenvalue weighted by atomic mass is 9.69. The molecular formula is C25H41N3O3. The molecule has 2 fully saturated rings. The van der Waals surface area contributed by atoms with Crippen LogP contribution in [0.4, 0.5) is 0 Å². The van der Waals surface area contributed by atoms with Crippen molar-refractivity contribution in [2.45, 2.75) is 50.9 Å². The first-order chi connectivity index (χ1) is 15.2. The van der Waals surface area contributed by atoms with E-state index in [-0.39, 0.29) is 5.41 Å². The molecule has 0 spiro atoms. The molecule has 0 bridgehead atoms. The Hall–Kier alpha value is -1.79. The third-order valence-electron chi connectivity index (χ3n) is 6.75. The standard InChI is InChI=1S/C25H41N3O3/c1-4-26-24(28-15-12-21(18-28)19-31-17-16-29-2)27-20-25(13-6-5-7-14-25)22-8-10-23(30-3)11-9-22/h8-11,21H,4-7,12-20H2,1-3H3,(H,26,27). The summed E-state index contributed by atoms with van der Waals surface area (Å²) in [5, 5.41) is 3.54. The zero-order valence-electron chi connectivity index (χ0n) is 19.7. The quantitative estimate of drug-likeness (QED) is 0.346. The first kappa shape index (κ1) is 23.9. The SMILES string of the molecule is CCNC(=NCC1(c2ccc(OC)cc2)CCCCC1)N1CCC(COCCOC)C1. The summed E-state index contributed by atoms with van der Waals surface area (Å²) in [7, 11) is 3.44. The second kappa shape index (κ2) is 12.3. The number of likely N-dealkylation sites (tertiary alicyclic amines) is 1. The molecule has 0 aromatic heterocycles. The summed E-state index contributed by atoms with van der Waals surface area (Å²) < 4.78 is 16.2. The van der Waals surface area contributed by atoms with Crippen molar-refractivity contribution >= 4 is 5.96 Å². The van der Waals surface area contributed by atoms with Crippen LogP contribution in [0.1, 0.15) is 51.0 Å². The van der Waals surface area contributed by atoms with Crippen molar-refractivity contribution in [3.63, 3.8) is 0 Å². The van der Waals surface area contributed by atoms with Crippen molar-refractivity contribution in [1.82, 2.24) is 10.2 Å². The highest BCUT2D eigenvalue weighted by molar-refractivity contribution is 5.80. The zero-order chi connectivity index (χ0) is 21.9. The van der Waals surface area contributed by atoms with E-state index in [1.54, 1.807) is 14.2 Å². The van der Waals surface area contributed by atoms with E-state index in [9.17, 15) is 0 Å². The summed E-state index contributed by atoms with van der Waals surface area (Å²) in [4.78, 5) is 7.61. The summed E-state index contributed by atoms with van der Waals surface area (Å²) >= 11 is 0. The van der Waals surface area contributed by atoms with Crippen LogP contribution in [0, 0.1) is 5.92 Å². The minimum atomic E-state index is 0.133. The molecule has 1 aliphatic carbocycles. The summed E-state index contributed by atoms with van der Waals surface area (Å²) in [5.74, 6) is 2.54. The lowest BCUT2D eigenvalue weighted by Crippen LogP contribution is -2.42.